The van der Waals surface area contributed by atoms with Crippen LogP contribution in [0.25, 0.3) is 16.9 Å². The van der Waals surface area contributed by atoms with E-state index in [2.05, 4.69) is 23.6 Å². The molecule has 12 heteroatoms. The molecule has 2 aromatic carbocycles. The van der Waals surface area contributed by atoms with Crippen LogP contribution in [-0.2, 0) is 16.4 Å². The zero-order valence-corrected chi connectivity index (χ0v) is 25.1. The van der Waals surface area contributed by atoms with E-state index >= 15 is 0 Å². The minimum atomic E-state index is -4.04. The predicted octanol–water partition coefficient (Wildman–Crippen LogP) is 5.44. The fraction of sp³-hybridized carbons (Fsp3) is 0.400. The Morgan fingerprint density at radius 1 is 1.12 bits per heavy atom. The van der Waals surface area contributed by atoms with Gasteiger partial charge in [-0.15, -0.1) is 5.10 Å². The average Bonchev–Trinajstić information content (AvgIpc) is 3.28. The number of aromatic nitrogens is 4. The number of ether oxygens (including phenoxy) is 1. The number of carboxylic acid groups (broad SMARTS) is 1. The number of carbonyl (C=O) groups is 1. The number of imidazole rings is 1. The van der Waals surface area contributed by atoms with Gasteiger partial charge in [-0.1, -0.05) is 46.0 Å². The first-order valence-corrected chi connectivity index (χ1v) is 15.7. The van der Waals surface area contributed by atoms with Crippen molar-refractivity contribution in [1.29, 1.82) is 0 Å². The van der Waals surface area contributed by atoms with E-state index < -0.39 is 16.0 Å². The van der Waals surface area contributed by atoms with Crippen LogP contribution in [0, 0.1) is 12.8 Å². The zero-order valence-electron chi connectivity index (χ0n) is 24.3. The van der Waals surface area contributed by atoms with Crippen molar-refractivity contribution in [3.63, 3.8) is 0 Å². The minimum Gasteiger partial charge on any atom is -0.493 e. The summed E-state index contributed by atoms with van der Waals surface area (Å²) in [5.74, 6) is 0.586. The summed E-state index contributed by atoms with van der Waals surface area (Å²) in [4.78, 5) is 31.8. The lowest BCUT2D eigenvalue weighted by Gasteiger charge is -2.15. The average molecular weight is 596 g/mol. The SMILES string of the molecule is CCCCCC(CC)Cc1nc(C)c2c(=O)[nH]c(-c3cc(NS(=O)(=O)c4ccc(C(=O)O)cc4)ccc3OCC)nn12. The predicted molar refractivity (Wildman–Crippen MR) is 161 cm³/mol. The topological polar surface area (TPSA) is 156 Å². The zero-order chi connectivity index (χ0) is 30.4. The smallest absolute Gasteiger partial charge is 0.335 e. The summed E-state index contributed by atoms with van der Waals surface area (Å²) in [7, 11) is -4.04. The first-order valence-electron chi connectivity index (χ1n) is 14.2. The Balaban J connectivity index is 1.74. The molecule has 0 amide bonds. The van der Waals surface area contributed by atoms with Gasteiger partial charge >= 0.3 is 5.97 Å². The number of H-pyrrole nitrogens is 1. The van der Waals surface area contributed by atoms with Gasteiger partial charge in [-0.3, -0.25) is 9.52 Å². The van der Waals surface area contributed by atoms with Crippen molar-refractivity contribution in [2.45, 2.75) is 71.1 Å². The van der Waals surface area contributed by atoms with E-state index in [0.717, 1.165) is 25.7 Å². The molecule has 0 spiro atoms. The monoisotopic (exact) mass is 595 g/mol. The quantitative estimate of drug-likeness (QED) is 0.163. The number of aromatic carboxylic acids is 1. The molecular weight excluding hydrogens is 558 g/mol. The van der Waals surface area contributed by atoms with Gasteiger partial charge in [0.15, 0.2) is 11.3 Å². The van der Waals surface area contributed by atoms with E-state index in [4.69, 9.17) is 19.9 Å². The van der Waals surface area contributed by atoms with Crippen LogP contribution in [0.5, 0.6) is 5.75 Å². The fourth-order valence-corrected chi connectivity index (χ4v) is 5.98. The van der Waals surface area contributed by atoms with Crippen LogP contribution in [0.4, 0.5) is 5.69 Å². The normalized spacial score (nSPS) is 12.4. The van der Waals surface area contributed by atoms with Gasteiger partial charge in [0.05, 0.1) is 28.3 Å². The summed E-state index contributed by atoms with van der Waals surface area (Å²) in [6.45, 7) is 8.29. The van der Waals surface area contributed by atoms with E-state index in [0.29, 0.717) is 47.3 Å². The standard InChI is InChI=1S/C30H37N5O6S/c1-5-8-9-10-20(6-2)17-26-31-19(4)27-29(36)32-28(33-35(26)27)24-18-22(13-16-25(24)41-7-3)34-42(39,40)23-14-11-21(12-15-23)30(37)38/h11-16,18,20,34H,5-10,17H2,1-4H3,(H,37,38)(H,32,33,36). The summed E-state index contributed by atoms with van der Waals surface area (Å²) in [6.07, 6.45) is 6.21. The molecule has 2 aromatic heterocycles. The number of sulfonamides is 1. The van der Waals surface area contributed by atoms with E-state index in [1.807, 2.05) is 6.92 Å². The lowest BCUT2D eigenvalue weighted by Crippen LogP contribution is -2.17. The third-order valence-corrected chi connectivity index (χ3v) is 8.60. The van der Waals surface area contributed by atoms with Gasteiger partial charge in [0.2, 0.25) is 0 Å². The number of aromatic amines is 1. The highest BCUT2D eigenvalue weighted by Crippen LogP contribution is 2.32. The van der Waals surface area contributed by atoms with Gasteiger partial charge in [-0.25, -0.2) is 22.7 Å². The highest BCUT2D eigenvalue weighted by atomic mass is 32.2. The van der Waals surface area contributed by atoms with E-state index in [1.165, 1.54) is 30.7 Å². The lowest BCUT2D eigenvalue weighted by molar-refractivity contribution is 0.0696. The molecule has 0 aliphatic heterocycles. The Morgan fingerprint density at radius 2 is 1.86 bits per heavy atom. The van der Waals surface area contributed by atoms with Crippen LogP contribution in [0.2, 0.25) is 0 Å². The van der Waals surface area contributed by atoms with Crippen molar-refractivity contribution in [3.8, 4) is 17.1 Å². The van der Waals surface area contributed by atoms with Crippen LogP contribution in [0.1, 0.15) is 74.8 Å². The molecule has 11 nitrogen and oxygen atoms in total. The molecule has 0 bridgehead atoms. The van der Waals surface area contributed by atoms with Gasteiger partial charge < -0.3 is 14.8 Å². The Kier molecular flexibility index (Phi) is 9.66. The van der Waals surface area contributed by atoms with Crippen molar-refractivity contribution in [1.82, 2.24) is 19.6 Å². The largest absolute Gasteiger partial charge is 0.493 e. The van der Waals surface area contributed by atoms with E-state index in [9.17, 15) is 18.0 Å². The number of unbranched alkanes of at least 4 members (excludes halogenated alkanes) is 2. The number of fused-ring (bicyclic) bond motifs is 1. The Hall–Kier alpha value is -4.19. The number of hydrogen-bond donors (Lipinski definition) is 3. The second-order valence-corrected chi connectivity index (χ2v) is 11.9. The molecule has 42 heavy (non-hydrogen) atoms. The molecule has 1 unspecified atom stereocenters. The molecule has 224 valence electrons. The molecular formula is C30H37N5O6S. The number of hydrogen-bond acceptors (Lipinski definition) is 7. The molecule has 4 rings (SSSR count). The van der Waals surface area contributed by atoms with Crippen molar-refractivity contribution < 1.29 is 23.1 Å². The number of nitrogens with zero attached hydrogens (tertiary/aromatic N) is 3. The second-order valence-electron chi connectivity index (χ2n) is 10.2. The van der Waals surface area contributed by atoms with Gasteiger partial charge in [0.25, 0.3) is 15.6 Å². The molecule has 3 N–H and O–H groups in total. The summed E-state index contributed by atoms with van der Waals surface area (Å²) >= 11 is 0. The molecule has 0 fully saturated rings. The molecule has 0 radical (unpaired) electrons. The number of rotatable bonds is 14. The van der Waals surface area contributed by atoms with Gasteiger partial charge in [-0.05, 0) is 62.2 Å². The van der Waals surface area contributed by atoms with Gasteiger partial charge in [0, 0.05) is 12.1 Å². The lowest BCUT2D eigenvalue weighted by atomic mass is 9.95. The van der Waals surface area contributed by atoms with Crippen LogP contribution in [0.15, 0.2) is 52.2 Å². The summed E-state index contributed by atoms with van der Waals surface area (Å²) in [6, 6.07) is 9.59. The van der Waals surface area contributed by atoms with Crippen molar-refractivity contribution in [2.75, 3.05) is 11.3 Å². The van der Waals surface area contributed by atoms with Gasteiger partial charge in [0.1, 0.15) is 11.6 Å². The maximum absolute atomic E-state index is 13.3. The molecule has 0 aliphatic rings. The number of carboxylic acids is 1. The van der Waals surface area contributed by atoms with E-state index in [1.54, 1.807) is 29.6 Å². The number of nitrogens with one attached hydrogen (secondary N) is 2. The second kappa shape index (κ2) is 13.2. The maximum Gasteiger partial charge on any atom is 0.335 e. The van der Waals surface area contributed by atoms with E-state index in [-0.39, 0.29) is 27.5 Å². The Morgan fingerprint density at radius 3 is 2.50 bits per heavy atom. The number of benzene rings is 2. The molecule has 0 aliphatic carbocycles. The highest BCUT2D eigenvalue weighted by Gasteiger charge is 2.21. The molecule has 0 saturated carbocycles. The van der Waals surface area contributed by atoms with Crippen LogP contribution in [0.3, 0.4) is 0 Å². The molecule has 4 aromatic rings. The highest BCUT2D eigenvalue weighted by molar-refractivity contribution is 7.92. The minimum absolute atomic E-state index is 0.0250. The third-order valence-electron chi connectivity index (χ3n) is 7.21. The van der Waals surface area contributed by atoms with Crippen molar-refractivity contribution in [3.05, 3.63) is 69.9 Å². The van der Waals surface area contributed by atoms with Crippen LogP contribution < -0.4 is 15.0 Å². The fourth-order valence-electron chi connectivity index (χ4n) is 4.93. The Labute approximate surface area is 245 Å². The maximum atomic E-state index is 13.3. The summed E-state index contributed by atoms with van der Waals surface area (Å²) in [5, 5.41) is 13.9. The number of aryl methyl sites for hydroxylation is 1. The third kappa shape index (κ3) is 6.81. The Bertz CT molecular complexity index is 1730. The van der Waals surface area contributed by atoms with Crippen molar-refractivity contribution >= 4 is 27.2 Å². The summed E-state index contributed by atoms with van der Waals surface area (Å²) < 4.78 is 36.1. The van der Waals surface area contributed by atoms with Crippen LogP contribution >= 0.6 is 0 Å². The van der Waals surface area contributed by atoms with Crippen molar-refractivity contribution in [2.24, 2.45) is 5.92 Å². The molecule has 2 heterocycles. The molecule has 1 atom stereocenters. The number of anilines is 1. The first-order chi connectivity index (χ1) is 20.1. The molecule has 0 saturated heterocycles. The van der Waals surface area contributed by atoms with Crippen LogP contribution in [-0.4, -0.2) is 45.7 Å². The van der Waals surface area contributed by atoms with Gasteiger partial charge in [-0.2, -0.15) is 0 Å². The first kappa shape index (κ1) is 30.8. The summed E-state index contributed by atoms with van der Waals surface area (Å²) in [5.41, 5.74) is 1.18.